The Morgan fingerprint density at radius 1 is 1.18 bits per heavy atom. The summed E-state index contributed by atoms with van der Waals surface area (Å²) in [6.45, 7) is 3.59. The van der Waals surface area contributed by atoms with Crippen LogP contribution in [0.2, 0.25) is 0 Å². The van der Waals surface area contributed by atoms with Gasteiger partial charge in [0.15, 0.2) is 11.6 Å². The van der Waals surface area contributed by atoms with Crippen molar-refractivity contribution in [3.8, 4) is 11.6 Å². The topological polar surface area (TPSA) is 35.0 Å². The highest BCUT2D eigenvalue weighted by atomic mass is 79.9. The fourth-order valence-corrected chi connectivity index (χ4v) is 1.74. The highest BCUT2D eigenvalue weighted by molar-refractivity contribution is 9.10. The molecule has 17 heavy (non-hydrogen) atoms. The van der Waals surface area contributed by atoms with Crippen molar-refractivity contribution in [2.75, 3.05) is 0 Å². The molecular weight excluding hydrogens is 287 g/mol. The van der Waals surface area contributed by atoms with E-state index < -0.39 is 5.82 Å². The van der Waals surface area contributed by atoms with Gasteiger partial charge in [-0.05, 0) is 32.0 Å². The zero-order chi connectivity index (χ0) is 12.4. The third-order valence-electron chi connectivity index (χ3n) is 2.05. The Morgan fingerprint density at radius 2 is 1.94 bits per heavy atom. The molecule has 3 nitrogen and oxygen atoms in total. The molecule has 0 aliphatic carbocycles. The minimum absolute atomic E-state index is 0.136. The van der Waals surface area contributed by atoms with E-state index in [-0.39, 0.29) is 5.75 Å². The van der Waals surface area contributed by atoms with E-state index in [1.165, 1.54) is 6.07 Å². The molecule has 0 fully saturated rings. The molecular formula is C12H10BrFN2O. The van der Waals surface area contributed by atoms with Gasteiger partial charge in [0.2, 0.25) is 5.88 Å². The van der Waals surface area contributed by atoms with Crippen molar-refractivity contribution in [2.45, 2.75) is 13.8 Å². The normalized spacial score (nSPS) is 10.4. The van der Waals surface area contributed by atoms with Crippen LogP contribution in [-0.4, -0.2) is 9.97 Å². The average Bonchev–Trinajstić information content (AvgIpc) is 2.22. The van der Waals surface area contributed by atoms with E-state index in [1.54, 1.807) is 25.1 Å². The second-order valence-electron chi connectivity index (χ2n) is 3.57. The Labute approximate surface area is 107 Å². The summed E-state index contributed by atoms with van der Waals surface area (Å²) in [6.07, 6.45) is 0. The molecule has 0 atom stereocenters. The lowest BCUT2D eigenvalue weighted by Crippen LogP contribution is -1.96. The first-order valence-electron chi connectivity index (χ1n) is 5.00. The van der Waals surface area contributed by atoms with Crippen molar-refractivity contribution in [1.29, 1.82) is 0 Å². The van der Waals surface area contributed by atoms with E-state index >= 15 is 0 Å². The van der Waals surface area contributed by atoms with E-state index in [0.717, 1.165) is 10.2 Å². The Morgan fingerprint density at radius 3 is 2.65 bits per heavy atom. The van der Waals surface area contributed by atoms with Gasteiger partial charge in [0.25, 0.3) is 0 Å². The Bertz CT molecular complexity index is 540. The predicted octanol–water partition coefficient (Wildman–Crippen LogP) is 3.79. The van der Waals surface area contributed by atoms with Crippen LogP contribution in [0.15, 0.2) is 28.7 Å². The molecule has 0 N–H and O–H groups in total. The lowest BCUT2D eigenvalue weighted by atomic mass is 10.3. The molecule has 0 amide bonds. The standard InChI is InChI=1S/C12H10BrFN2O/c1-7-5-12(16-8(2)15-7)17-11-6-9(13)3-4-10(11)14/h3-6H,1-2H3. The largest absolute Gasteiger partial charge is 0.436 e. The van der Waals surface area contributed by atoms with Crippen molar-refractivity contribution >= 4 is 15.9 Å². The molecule has 0 spiro atoms. The minimum atomic E-state index is -0.429. The van der Waals surface area contributed by atoms with Crippen LogP contribution in [0, 0.1) is 19.7 Å². The van der Waals surface area contributed by atoms with Gasteiger partial charge < -0.3 is 4.74 Å². The summed E-state index contributed by atoms with van der Waals surface area (Å²) < 4.78 is 19.6. The fourth-order valence-electron chi connectivity index (χ4n) is 1.40. The number of aromatic nitrogens is 2. The smallest absolute Gasteiger partial charge is 0.222 e. The third-order valence-corrected chi connectivity index (χ3v) is 2.54. The van der Waals surface area contributed by atoms with E-state index in [1.807, 2.05) is 6.92 Å². The maximum atomic E-state index is 13.5. The summed E-state index contributed by atoms with van der Waals surface area (Å²) in [7, 11) is 0. The number of halogens is 2. The maximum absolute atomic E-state index is 13.5. The maximum Gasteiger partial charge on any atom is 0.222 e. The van der Waals surface area contributed by atoms with E-state index in [4.69, 9.17) is 4.74 Å². The summed E-state index contributed by atoms with van der Waals surface area (Å²) in [5, 5.41) is 0. The highest BCUT2D eigenvalue weighted by Gasteiger charge is 2.07. The molecule has 0 saturated carbocycles. The summed E-state index contributed by atoms with van der Waals surface area (Å²) in [6, 6.07) is 6.16. The van der Waals surface area contributed by atoms with Crippen LogP contribution in [0.5, 0.6) is 11.6 Å². The van der Waals surface area contributed by atoms with Gasteiger partial charge in [-0.3, -0.25) is 0 Å². The quantitative estimate of drug-likeness (QED) is 0.846. The third kappa shape index (κ3) is 3.00. The number of hydrogen-bond acceptors (Lipinski definition) is 3. The van der Waals surface area contributed by atoms with Crippen LogP contribution < -0.4 is 4.74 Å². The van der Waals surface area contributed by atoms with Crippen molar-refractivity contribution in [3.63, 3.8) is 0 Å². The van der Waals surface area contributed by atoms with E-state index in [0.29, 0.717) is 11.7 Å². The van der Waals surface area contributed by atoms with E-state index in [9.17, 15) is 4.39 Å². The second kappa shape index (κ2) is 4.79. The minimum Gasteiger partial charge on any atom is -0.436 e. The molecule has 88 valence electrons. The number of hydrogen-bond donors (Lipinski definition) is 0. The Balaban J connectivity index is 2.34. The van der Waals surface area contributed by atoms with Crippen LogP contribution in [0.4, 0.5) is 4.39 Å². The fraction of sp³-hybridized carbons (Fsp3) is 0.167. The van der Waals surface area contributed by atoms with Crippen molar-refractivity contribution in [1.82, 2.24) is 9.97 Å². The lowest BCUT2D eigenvalue weighted by Gasteiger charge is -2.07. The lowest BCUT2D eigenvalue weighted by molar-refractivity contribution is 0.424. The molecule has 1 heterocycles. The summed E-state index contributed by atoms with van der Waals surface area (Å²) >= 11 is 3.26. The zero-order valence-electron chi connectivity index (χ0n) is 9.37. The molecule has 2 rings (SSSR count). The van der Waals surface area contributed by atoms with Gasteiger partial charge in [0, 0.05) is 16.2 Å². The zero-order valence-corrected chi connectivity index (χ0v) is 11.0. The van der Waals surface area contributed by atoms with E-state index in [2.05, 4.69) is 25.9 Å². The van der Waals surface area contributed by atoms with Gasteiger partial charge in [0.05, 0.1) is 0 Å². The molecule has 0 saturated heterocycles. The molecule has 0 bridgehead atoms. The van der Waals surface area contributed by atoms with Gasteiger partial charge in [-0.15, -0.1) is 0 Å². The van der Waals surface area contributed by atoms with Gasteiger partial charge in [-0.25, -0.2) is 9.37 Å². The molecule has 0 unspecified atom stereocenters. The van der Waals surface area contributed by atoms with Crippen LogP contribution in [0.3, 0.4) is 0 Å². The van der Waals surface area contributed by atoms with Crippen LogP contribution in [0.25, 0.3) is 0 Å². The SMILES string of the molecule is Cc1cc(Oc2cc(Br)ccc2F)nc(C)n1. The number of aryl methyl sites for hydroxylation is 2. The number of ether oxygens (including phenoxy) is 1. The molecule has 1 aromatic heterocycles. The first-order chi connectivity index (χ1) is 8.04. The molecule has 0 aliphatic heterocycles. The van der Waals surface area contributed by atoms with Crippen LogP contribution in [0.1, 0.15) is 11.5 Å². The second-order valence-corrected chi connectivity index (χ2v) is 4.49. The summed E-state index contributed by atoms with van der Waals surface area (Å²) in [5.41, 5.74) is 0.780. The Hall–Kier alpha value is -1.49. The number of benzene rings is 1. The van der Waals surface area contributed by atoms with Crippen LogP contribution >= 0.6 is 15.9 Å². The van der Waals surface area contributed by atoms with Gasteiger partial charge in [-0.1, -0.05) is 15.9 Å². The van der Waals surface area contributed by atoms with Gasteiger partial charge in [0.1, 0.15) is 5.82 Å². The first kappa shape index (κ1) is 12.0. The van der Waals surface area contributed by atoms with Gasteiger partial charge in [-0.2, -0.15) is 4.98 Å². The molecule has 0 aliphatic rings. The predicted molar refractivity (Wildman–Crippen MR) is 65.7 cm³/mol. The van der Waals surface area contributed by atoms with Crippen molar-refractivity contribution in [2.24, 2.45) is 0 Å². The summed E-state index contributed by atoms with van der Waals surface area (Å²) in [4.78, 5) is 8.21. The molecule has 2 aromatic rings. The summed E-state index contributed by atoms with van der Waals surface area (Å²) in [5.74, 6) is 0.640. The molecule has 0 radical (unpaired) electrons. The van der Waals surface area contributed by atoms with Crippen molar-refractivity contribution < 1.29 is 9.13 Å². The van der Waals surface area contributed by atoms with Crippen molar-refractivity contribution in [3.05, 3.63) is 46.1 Å². The molecule has 1 aromatic carbocycles. The Kier molecular flexibility index (Phi) is 3.38. The first-order valence-corrected chi connectivity index (χ1v) is 5.79. The average molecular weight is 297 g/mol. The van der Waals surface area contributed by atoms with Crippen LogP contribution in [-0.2, 0) is 0 Å². The molecule has 5 heteroatoms. The van der Waals surface area contributed by atoms with Gasteiger partial charge >= 0.3 is 0 Å². The number of rotatable bonds is 2. The highest BCUT2D eigenvalue weighted by Crippen LogP contribution is 2.26. The number of nitrogens with zero attached hydrogens (tertiary/aromatic N) is 2. The monoisotopic (exact) mass is 296 g/mol.